The van der Waals surface area contributed by atoms with Crippen molar-refractivity contribution in [3.8, 4) is 11.5 Å². The molecular weight excluding hydrogens is 462 g/mol. The molecule has 0 fully saturated rings. The number of ether oxygens (including phenoxy) is 2. The summed E-state index contributed by atoms with van der Waals surface area (Å²) < 4.78 is 11.1. The van der Waals surface area contributed by atoms with Crippen LogP contribution in [0.2, 0.25) is 5.02 Å². The van der Waals surface area contributed by atoms with Crippen LogP contribution in [-0.2, 0) is 11.2 Å². The van der Waals surface area contributed by atoms with Crippen molar-refractivity contribution in [3.63, 3.8) is 0 Å². The summed E-state index contributed by atoms with van der Waals surface area (Å²) in [6, 6.07) is 23.5. The van der Waals surface area contributed by atoms with Gasteiger partial charge in [0.25, 0.3) is 11.8 Å². The number of amides is 2. The number of halogens is 1. The molecule has 0 atom stereocenters. The van der Waals surface area contributed by atoms with E-state index in [1.807, 2.05) is 30.3 Å². The van der Waals surface area contributed by atoms with Gasteiger partial charge in [-0.1, -0.05) is 60.1 Å². The second kappa shape index (κ2) is 12.4. The van der Waals surface area contributed by atoms with Gasteiger partial charge in [-0.25, -0.2) is 0 Å². The minimum absolute atomic E-state index is 0.0681. The van der Waals surface area contributed by atoms with E-state index in [-0.39, 0.29) is 11.7 Å². The van der Waals surface area contributed by atoms with Crippen LogP contribution in [0.4, 0.5) is 0 Å². The number of nitrogens with one attached hydrogen (secondary N) is 3. The van der Waals surface area contributed by atoms with Crippen molar-refractivity contribution in [2.75, 3.05) is 13.2 Å². The maximum atomic E-state index is 12.4. The van der Waals surface area contributed by atoms with E-state index in [0.29, 0.717) is 28.7 Å². The number of thiocarbonyl (C=S) groups is 1. The van der Waals surface area contributed by atoms with Crippen molar-refractivity contribution >= 4 is 40.7 Å². The summed E-state index contributed by atoms with van der Waals surface area (Å²) in [5.74, 6) is 0.0152. The van der Waals surface area contributed by atoms with Crippen LogP contribution in [-0.4, -0.2) is 30.1 Å². The fourth-order valence-corrected chi connectivity index (χ4v) is 3.07. The lowest BCUT2D eigenvalue weighted by Gasteiger charge is -2.12. The van der Waals surface area contributed by atoms with Crippen LogP contribution in [0.25, 0.3) is 0 Å². The van der Waals surface area contributed by atoms with Crippen LogP contribution < -0.4 is 25.6 Å². The van der Waals surface area contributed by atoms with Gasteiger partial charge in [0.2, 0.25) is 0 Å². The number of hydrogen-bond acceptors (Lipinski definition) is 5. The predicted molar refractivity (Wildman–Crippen MR) is 130 cm³/mol. The number of carbonyl (C=O) groups excluding carboxylic acids is 2. The predicted octanol–water partition coefficient (Wildman–Crippen LogP) is 3.68. The van der Waals surface area contributed by atoms with Gasteiger partial charge < -0.3 is 9.47 Å². The number of hydrogen-bond donors (Lipinski definition) is 3. The van der Waals surface area contributed by atoms with Crippen LogP contribution in [0, 0.1) is 0 Å². The second-order valence-corrected chi connectivity index (χ2v) is 7.60. The molecule has 0 aromatic heterocycles. The Bertz CT molecular complexity index is 1110. The van der Waals surface area contributed by atoms with E-state index >= 15 is 0 Å². The van der Waals surface area contributed by atoms with Crippen molar-refractivity contribution in [3.05, 3.63) is 95.0 Å². The Hall–Kier alpha value is -3.62. The molecule has 0 spiro atoms. The molecule has 9 heteroatoms. The quantitative estimate of drug-likeness (QED) is 0.334. The normalized spacial score (nSPS) is 10.1. The molecule has 0 saturated carbocycles. The van der Waals surface area contributed by atoms with Crippen LogP contribution in [0.5, 0.6) is 11.5 Å². The largest absolute Gasteiger partial charge is 0.493 e. The van der Waals surface area contributed by atoms with Gasteiger partial charge in [0.1, 0.15) is 11.5 Å². The Morgan fingerprint density at radius 3 is 2.42 bits per heavy atom. The molecular formula is C24H22ClN3O4S. The fraction of sp³-hybridized carbons (Fsp3) is 0.125. The molecule has 170 valence electrons. The Balaban J connectivity index is 1.40. The Morgan fingerprint density at radius 2 is 1.64 bits per heavy atom. The molecule has 0 radical (unpaired) electrons. The zero-order valence-corrected chi connectivity index (χ0v) is 19.1. The third kappa shape index (κ3) is 8.10. The highest BCUT2D eigenvalue weighted by molar-refractivity contribution is 7.80. The number of carbonyl (C=O) groups is 2. The third-order valence-corrected chi connectivity index (χ3v) is 4.85. The lowest BCUT2D eigenvalue weighted by Crippen LogP contribution is -2.49. The highest BCUT2D eigenvalue weighted by Crippen LogP contribution is 2.22. The smallest absolute Gasteiger partial charge is 0.276 e. The molecule has 0 unspecified atom stereocenters. The average molecular weight is 484 g/mol. The van der Waals surface area contributed by atoms with Crippen molar-refractivity contribution in [2.45, 2.75) is 6.42 Å². The zero-order chi connectivity index (χ0) is 23.5. The van der Waals surface area contributed by atoms with Gasteiger partial charge in [0, 0.05) is 12.0 Å². The lowest BCUT2D eigenvalue weighted by molar-refractivity contribution is -0.123. The van der Waals surface area contributed by atoms with E-state index in [1.54, 1.807) is 48.5 Å². The first-order chi connectivity index (χ1) is 16.0. The van der Waals surface area contributed by atoms with Crippen LogP contribution in [0.3, 0.4) is 0 Å². The van der Waals surface area contributed by atoms with Crippen LogP contribution in [0.1, 0.15) is 15.9 Å². The molecule has 3 aromatic rings. The molecule has 3 rings (SSSR count). The van der Waals surface area contributed by atoms with E-state index in [2.05, 4.69) is 16.2 Å². The molecule has 3 aromatic carbocycles. The Morgan fingerprint density at radius 1 is 0.879 bits per heavy atom. The van der Waals surface area contributed by atoms with E-state index in [0.717, 1.165) is 6.42 Å². The summed E-state index contributed by atoms with van der Waals surface area (Å²) in [4.78, 5) is 24.4. The van der Waals surface area contributed by atoms with Gasteiger partial charge >= 0.3 is 0 Å². The van der Waals surface area contributed by atoms with E-state index < -0.39 is 11.8 Å². The van der Waals surface area contributed by atoms with Gasteiger partial charge in [0.05, 0.1) is 11.6 Å². The van der Waals surface area contributed by atoms with Crippen molar-refractivity contribution in [1.29, 1.82) is 0 Å². The monoisotopic (exact) mass is 483 g/mol. The molecule has 0 aliphatic rings. The van der Waals surface area contributed by atoms with Crippen molar-refractivity contribution in [1.82, 2.24) is 16.2 Å². The van der Waals surface area contributed by atoms with E-state index in [9.17, 15) is 9.59 Å². The van der Waals surface area contributed by atoms with Crippen molar-refractivity contribution < 1.29 is 19.1 Å². The number of rotatable bonds is 8. The molecule has 3 N–H and O–H groups in total. The second-order valence-electron chi connectivity index (χ2n) is 6.79. The molecule has 2 amide bonds. The van der Waals surface area contributed by atoms with Crippen LogP contribution >= 0.6 is 23.8 Å². The minimum Gasteiger partial charge on any atom is -0.493 e. The summed E-state index contributed by atoms with van der Waals surface area (Å²) in [5.41, 5.74) is 6.34. The minimum atomic E-state index is -0.500. The third-order valence-electron chi connectivity index (χ3n) is 4.34. The standard InChI is InChI=1S/C24H22ClN3O4S/c25-20-11-4-5-12-21(20)32-16-22(29)27-28-24(33)26-23(30)18-9-6-10-19(15-18)31-14-13-17-7-2-1-3-8-17/h1-12,15H,13-14,16H2,(H,27,29)(H2,26,28,30,33). The van der Waals surface area contributed by atoms with Gasteiger partial charge in [-0.15, -0.1) is 0 Å². The molecule has 0 aliphatic heterocycles. The van der Waals surface area contributed by atoms with E-state index in [1.165, 1.54) is 5.56 Å². The first kappa shape index (κ1) is 24.0. The van der Waals surface area contributed by atoms with Gasteiger partial charge in [0.15, 0.2) is 11.7 Å². The Labute approximate surface area is 202 Å². The highest BCUT2D eigenvalue weighted by Gasteiger charge is 2.10. The zero-order valence-electron chi connectivity index (χ0n) is 17.5. The lowest BCUT2D eigenvalue weighted by atomic mass is 10.2. The fourth-order valence-electron chi connectivity index (χ4n) is 2.73. The maximum Gasteiger partial charge on any atom is 0.276 e. The molecule has 33 heavy (non-hydrogen) atoms. The number of para-hydroxylation sites is 1. The number of benzene rings is 3. The summed E-state index contributed by atoms with van der Waals surface area (Å²) in [6.45, 7) is 0.201. The van der Waals surface area contributed by atoms with Gasteiger partial charge in [-0.3, -0.25) is 25.8 Å². The Kier molecular flexibility index (Phi) is 9.05. The first-order valence-corrected chi connectivity index (χ1v) is 10.8. The summed E-state index contributed by atoms with van der Waals surface area (Å²) in [7, 11) is 0. The summed E-state index contributed by atoms with van der Waals surface area (Å²) in [6.07, 6.45) is 0.755. The van der Waals surface area contributed by atoms with Crippen molar-refractivity contribution in [2.24, 2.45) is 0 Å². The SMILES string of the molecule is O=C(COc1ccccc1Cl)NNC(=S)NC(=O)c1cccc(OCCc2ccccc2)c1. The molecule has 7 nitrogen and oxygen atoms in total. The summed E-state index contributed by atoms with van der Waals surface area (Å²) in [5, 5.41) is 2.82. The maximum absolute atomic E-state index is 12.4. The average Bonchev–Trinajstić information content (AvgIpc) is 2.83. The van der Waals surface area contributed by atoms with Gasteiger partial charge in [-0.2, -0.15) is 0 Å². The number of hydrazine groups is 1. The van der Waals surface area contributed by atoms with E-state index in [4.69, 9.17) is 33.3 Å². The topological polar surface area (TPSA) is 88.7 Å². The summed E-state index contributed by atoms with van der Waals surface area (Å²) >= 11 is 11.0. The molecule has 0 heterocycles. The highest BCUT2D eigenvalue weighted by atomic mass is 35.5. The molecule has 0 aliphatic carbocycles. The van der Waals surface area contributed by atoms with Gasteiger partial charge in [-0.05, 0) is 48.1 Å². The first-order valence-electron chi connectivity index (χ1n) is 10.1. The molecule has 0 saturated heterocycles. The van der Waals surface area contributed by atoms with Crippen LogP contribution in [0.15, 0.2) is 78.9 Å². The molecule has 0 bridgehead atoms.